The van der Waals surface area contributed by atoms with Crippen LogP contribution in [0.3, 0.4) is 0 Å². The predicted molar refractivity (Wildman–Crippen MR) is 72.6 cm³/mol. The lowest BCUT2D eigenvalue weighted by Crippen LogP contribution is -2.37. The molecule has 1 N–H and O–H groups in total. The summed E-state index contributed by atoms with van der Waals surface area (Å²) in [4.78, 5) is 24.7. The zero-order valence-corrected chi connectivity index (χ0v) is 11.8. The second-order valence-electron chi connectivity index (χ2n) is 4.58. The Morgan fingerprint density at radius 3 is 2.43 bits per heavy atom. The number of unbranched alkanes of at least 4 members (excludes halogenated alkanes) is 1. The molecule has 0 aliphatic rings. The van der Waals surface area contributed by atoms with Gasteiger partial charge in [-0.3, -0.25) is 9.59 Å². The van der Waals surface area contributed by atoms with Crippen molar-refractivity contribution in [3.8, 4) is 0 Å². The molecule has 0 aliphatic carbocycles. The summed E-state index contributed by atoms with van der Waals surface area (Å²) in [5, 5.41) is 2.02. The van der Waals surface area contributed by atoms with Crippen molar-refractivity contribution in [1.82, 2.24) is 4.90 Å². The molecule has 1 rings (SSSR count). The van der Waals surface area contributed by atoms with Gasteiger partial charge in [0.2, 0.25) is 0 Å². The number of para-hydroxylation sites is 1. The highest BCUT2D eigenvalue weighted by Gasteiger charge is 2.34. The molecule has 0 atom stereocenters. The lowest BCUT2D eigenvalue weighted by Gasteiger charge is -2.17. The highest BCUT2D eigenvalue weighted by molar-refractivity contribution is 6.39. The van der Waals surface area contributed by atoms with E-state index in [9.17, 15) is 22.8 Å². The highest BCUT2D eigenvalue weighted by atomic mass is 19.4. The number of likely N-dealkylation sites (N-methyl/N-ethyl adjacent to an activating group) is 1. The van der Waals surface area contributed by atoms with Crippen molar-refractivity contribution in [2.45, 2.75) is 25.9 Å². The Morgan fingerprint density at radius 1 is 1.24 bits per heavy atom. The van der Waals surface area contributed by atoms with Gasteiger partial charge < -0.3 is 10.2 Å². The molecule has 2 amide bonds. The Balaban J connectivity index is 2.82. The van der Waals surface area contributed by atoms with Gasteiger partial charge in [-0.2, -0.15) is 13.2 Å². The topological polar surface area (TPSA) is 49.4 Å². The fourth-order valence-electron chi connectivity index (χ4n) is 1.69. The zero-order chi connectivity index (χ0) is 16.0. The van der Waals surface area contributed by atoms with Crippen LogP contribution < -0.4 is 5.32 Å². The van der Waals surface area contributed by atoms with E-state index < -0.39 is 29.2 Å². The number of amides is 2. The minimum atomic E-state index is -4.60. The molecule has 116 valence electrons. The van der Waals surface area contributed by atoms with Crippen LogP contribution in [-0.2, 0) is 15.8 Å². The fourth-order valence-corrected chi connectivity index (χ4v) is 1.69. The third kappa shape index (κ3) is 4.77. The normalized spacial score (nSPS) is 11.1. The van der Waals surface area contributed by atoms with Gasteiger partial charge in [0, 0.05) is 13.6 Å². The number of carbonyl (C=O) groups excluding carboxylic acids is 2. The Morgan fingerprint density at radius 2 is 1.86 bits per heavy atom. The van der Waals surface area contributed by atoms with E-state index in [2.05, 4.69) is 0 Å². The molecule has 4 nitrogen and oxygen atoms in total. The van der Waals surface area contributed by atoms with Crippen LogP contribution in [0.1, 0.15) is 25.3 Å². The predicted octanol–water partition coefficient (Wildman–Crippen LogP) is 2.90. The number of benzene rings is 1. The van der Waals surface area contributed by atoms with Gasteiger partial charge in [-0.15, -0.1) is 0 Å². The second kappa shape index (κ2) is 7.10. The number of hydrogen-bond acceptors (Lipinski definition) is 2. The summed E-state index contributed by atoms with van der Waals surface area (Å²) in [7, 11) is 1.44. The van der Waals surface area contributed by atoms with Crippen molar-refractivity contribution in [2.24, 2.45) is 0 Å². The Hall–Kier alpha value is -2.05. The largest absolute Gasteiger partial charge is 0.418 e. The summed E-state index contributed by atoms with van der Waals surface area (Å²) < 4.78 is 38.3. The summed E-state index contributed by atoms with van der Waals surface area (Å²) in [6, 6.07) is 4.53. The number of rotatable bonds is 4. The smallest absolute Gasteiger partial charge is 0.338 e. The fraction of sp³-hybridized carbons (Fsp3) is 0.429. The maximum absolute atomic E-state index is 12.8. The van der Waals surface area contributed by atoms with E-state index in [1.54, 1.807) is 0 Å². The molecule has 0 spiro atoms. The van der Waals surface area contributed by atoms with Crippen LogP contribution in [0.4, 0.5) is 18.9 Å². The maximum atomic E-state index is 12.8. The molecular formula is C14H17F3N2O2. The molecule has 0 fully saturated rings. The van der Waals surface area contributed by atoms with Gasteiger partial charge in [0.1, 0.15) is 0 Å². The minimum absolute atomic E-state index is 0.379. The standard InChI is InChI=1S/C14H17F3N2O2/c1-3-4-9-19(2)13(21)12(20)18-11-8-6-5-7-10(11)14(15,16)17/h5-8H,3-4,9H2,1-2H3,(H,18,20). The first kappa shape index (κ1) is 17.0. The summed E-state index contributed by atoms with van der Waals surface area (Å²) >= 11 is 0. The molecule has 0 unspecified atom stereocenters. The Bertz CT molecular complexity index is 515. The first-order valence-corrected chi connectivity index (χ1v) is 6.50. The van der Waals surface area contributed by atoms with Crippen LogP contribution in [0.2, 0.25) is 0 Å². The number of nitrogens with zero attached hydrogens (tertiary/aromatic N) is 1. The van der Waals surface area contributed by atoms with Crippen molar-refractivity contribution in [2.75, 3.05) is 18.9 Å². The van der Waals surface area contributed by atoms with Crippen molar-refractivity contribution in [3.63, 3.8) is 0 Å². The van der Waals surface area contributed by atoms with E-state index in [0.29, 0.717) is 13.0 Å². The number of hydrogen-bond donors (Lipinski definition) is 1. The maximum Gasteiger partial charge on any atom is 0.418 e. The van der Waals surface area contributed by atoms with Gasteiger partial charge >= 0.3 is 18.0 Å². The molecule has 7 heteroatoms. The third-order valence-corrected chi connectivity index (χ3v) is 2.87. The first-order valence-electron chi connectivity index (χ1n) is 6.50. The van der Waals surface area contributed by atoms with Gasteiger partial charge in [0.25, 0.3) is 0 Å². The monoisotopic (exact) mass is 302 g/mol. The van der Waals surface area contributed by atoms with Crippen molar-refractivity contribution >= 4 is 17.5 Å². The van der Waals surface area contributed by atoms with Crippen LogP contribution in [-0.4, -0.2) is 30.3 Å². The van der Waals surface area contributed by atoms with Gasteiger partial charge in [0.15, 0.2) is 0 Å². The number of carbonyl (C=O) groups is 2. The van der Waals surface area contributed by atoms with E-state index in [1.165, 1.54) is 24.1 Å². The van der Waals surface area contributed by atoms with Gasteiger partial charge in [0.05, 0.1) is 11.3 Å². The molecule has 0 saturated carbocycles. The molecule has 0 radical (unpaired) electrons. The number of anilines is 1. The van der Waals surface area contributed by atoms with Gasteiger partial charge in [-0.05, 0) is 18.6 Å². The summed E-state index contributed by atoms with van der Waals surface area (Å²) in [6.45, 7) is 2.31. The van der Waals surface area contributed by atoms with Crippen LogP contribution in [0, 0.1) is 0 Å². The van der Waals surface area contributed by atoms with Crippen LogP contribution >= 0.6 is 0 Å². The molecule has 0 saturated heterocycles. The van der Waals surface area contributed by atoms with Crippen molar-refractivity contribution in [1.29, 1.82) is 0 Å². The minimum Gasteiger partial charge on any atom is -0.338 e. The highest BCUT2D eigenvalue weighted by Crippen LogP contribution is 2.34. The molecule has 21 heavy (non-hydrogen) atoms. The SMILES string of the molecule is CCCCN(C)C(=O)C(=O)Nc1ccccc1C(F)(F)F. The van der Waals surface area contributed by atoms with Crippen LogP contribution in [0.5, 0.6) is 0 Å². The third-order valence-electron chi connectivity index (χ3n) is 2.87. The summed E-state index contributed by atoms with van der Waals surface area (Å²) in [6.07, 6.45) is -3.04. The molecule has 0 bridgehead atoms. The Kier molecular flexibility index (Phi) is 5.75. The van der Waals surface area contributed by atoms with E-state index in [0.717, 1.165) is 18.6 Å². The van der Waals surface area contributed by atoms with Crippen molar-refractivity contribution in [3.05, 3.63) is 29.8 Å². The molecule has 0 aliphatic heterocycles. The molecule has 1 aromatic carbocycles. The van der Waals surface area contributed by atoms with Crippen LogP contribution in [0.25, 0.3) is 0 Å². The summed E-state index contributed by atoms with van der Waals surface area (Å²) in [5.74, 6) is -1.94. The average Bonchev–Trinajstić information content (AvgIpc) is 2.43. The quantitative estimate of drug-likeness (QED) is 0.869. The van der Waals surface area contributed by atoms with E-state index >= 15 is 0 Å². The lowest BCUT2D eigenvalue weighted by atomic mass is 10.1. The molecule has 0 aromatic heterocycles. The number of nitrogens with one attached hydrogen (secondary N) is 1. The molecule has 1 aromatic rings. The number of halogens is 3. The second-order valence-corrected chi connectivity index (χ2v) is 4.58. The lowest BCUT2D eigenvalue weighted by molar-refractivity contribution is -0.142. The first-order chi connectivity index (χ1) is 9.77. The number of alkyl halides is 3. The van der Waals surface area contributed by atoms with Crippen molar-refractivity contribution < 1.29 is 22.8 Å². The van der Waals surface area contributed by atoms with E-state index in [1.807, 2.05) is 12.2 Å². The summed E-state index contributed by atoms with van der Waals surface area (Å²) in [5.41, 5.74) is -1.41. The zero-order valence-electron chi connectivity index (χ0n) is 11.8. The van der Waals surface area contributed by atoms with Gasteiger partial charge in [-0.25, -0.2) is 0 Å². The molecule has 0 heterocycles. The average molecular weight is 302 g/mol. The van der Waals surface area contributed by atoms with E-state index in [-0.39, 0.29) is 0 Å². The molecular weight excluding hydrogens is 285 g/mol. The van der Waals surface area contributed by atoms with E-state index in [4.69, 9.17) is 0 Å². The van der Waals surface area contributed by atoms with Crippen LogP contribution in [0.15, 0.2) is 24.3 Å². The Labute approximate surface area is 120 Å². The van der Waals surface area contributed by atoms with Gasteiger partial charge in [-0.1, -0.05) is 25.5 Å².